The van der Waals surface area contributed by atoms with Gasteiger partial charge in [-0.25, -0.2) is 4.98 Å². The van der Waals surface area contributed by atoms with E-state index in [1.165, 1.54) is 0 Å². The van der Waals surface area contributed by atoms with Gasteiger partial charge in [-0.05, 0) is 18.1 Å². The van der Waals surface area contributed by atoms with E-state index in [2.05, 4.69) is 23.7 Å². The minimum Gasteiger partial charge on any atom is -0.355 e. The molecular formula is C11H19N3. The van der Waals surface area contributed by atoms with Crippen LogP contribution in [0.4, 0.5) is 5.82 Å². The highest BCUT2D eigenvalue weighted by Gasteiger charge is 2.17. The molecule has 0 aliphatic carbocycles. The molecule has 0 aliphatic rings. The van der Waals surface area contributed by atoms with Crippen LogP contribution in [-0.4, -0.2) is 24.6 Å². The Labute approximate surface area is 85.9 Å². The molecule has 0 radical (unpaired) electrons. The SMILES string of the molecule is CC(C)C(CN)N(C)c1ccccn1. The van der Waals surface area contributed by atoms with Crippen LogP contribution in [0.2, 0.25) is 0 Å². The summed E-state index contributed by atoms with van der Waals surface area (Å²) in [6, 6.07) is 6.27. The molecule has 2 N–H and O–H groups in total. The van der Waals surface area contributed by atoms with Crippen LogP contribution >= 0.6 is 0 Å². The van der Waals surface area contributed by atoms with E-state index < -0.39 is 0 Å². The van der Waals surface area contributed by atoms with Crippen LogP contribution < -0.4 is 10.6 Å². The van der Waals surface area contributed by atoms with Crippen molar-refractivity contribution in [3.63, 3.8) is 0 Å². The lowest BCUT2D eigenvalue weighted by molar-refractivity contribution is 0.477. The normalized spacial score (nSPS) is 12.9. The van der Waals surface area contributed by atoms with E-state index in [0.29, 0.717) is 18.5 Å². The highest BCUT2D eigenvalue weighted by Crippen LogP contribution is 2.15. The lowest BCUT2D eigenvalue weighted by Crippen LogP contribution is -2.42. The summed E-state index contributed by atoms with van der Waals surface area (Å²) >= 11 is 0. The van der Waals surface area contributed by atoms with Crippen molar-refractivity contribution in [3.8, 4) is 0 Å². The number of hydrogen-bond donors (Lipinski definition) is 1. The summed E-state index contributed by atoms with van der Waals surface area (Å²) in [7, 11) is 2.04. The second kappa shape index (κ2) is 4.96. The van der Waals surface area contributed by atoms with E-state index in [-0.39, 0.29) is 0 Å². The molecule has 1 aromatic heterocycles. The molecule has 1 aromatic rings. The van der Waals surface area contributed by atoms with Gasteiger partial charge in [-0.2, -0.15) is 0 Å². The maximum Gasteiger partial charge on any atom is 0.128 e. The third-order valence-electron chi connectivity index (χ3n) is 2.52. The summed E-state index contributed by atoms with van der Waals surface area (Å²) < 4.78 is 0. The first kappa shape index (κ1) is 11.0. The fourth-order valence-corrected chi connectivity index (χ4v) is 1.61. The molecule has 78 valence electrons. The zero-order chi connectivity index (χ0) is 10.6. The average molecular weight is 193 g/mol. The molecule has 1 rings (SSSR count). The Morgan fingerprint density at radius 1 is 1.43 bits per heavy atom. The van der Waals surface area contributed by atoms with Gasteiger partial charge in [0.2, 0.25) is 0 Å². The van der Waals surface area contributed by atoms with Crippen LogP contribution in [0, 0.1) is 5.92 Å². The number of likely N-dealkylation sites (N-methyl/N-ethyl adjacent to an activating group) is 1. The van der Waals surface area contributed by atoms with Crippen molar-refractivity contribution in [3.05, 3.63) is 24.4 Å². The fourth-order valence-electron chi connectivity index (χ4n) is 1.61. The lowest BCUT2D eigenvalue weighted by Gasteiger charge is -2.31. The maximum absolute atomic E-state index is 5.74. The number of rotatable bonds is 4. The number of hydrogen-bond acceptors (Lipinski definition) is 3. The number of pyridine rings is 1. The second-order valence-electron chi connectivity index (χ2n) is 3.85. The largest absolute Gasteiger partial charge is 0.355 e. The summed E-state index contributed by atoms with van der Waals surface area (Å²) in [6.45, 7) is 5.01. The molecule has 1 heterocycles. The van der Waals surface area contributed by atoms with Gasteiger partial charge < -0.3 is 10.6 Å². The predicted octanol–water partition coefficient (Wildman–Crippen LogP) is 1.50. The molecule has 14 heavy (non-hydrogen) atoms. The smallest absolute Gasteiger partial charge is 0.128 e. The summed E-state index contributed by atoms with van der Waals surface area (Å²) in [6.07, 6.45) is 1.81. The van der Waals surface area contributed by atoms with Crippen molar-refractivity contribution >= 4 is 5.82 Å². The van der Waals surface area contributed by atoms with E-state index in [1.54, 1.807) is 6.20 Å². The second-order valence-corrected chi connectivity index (χ2v) is 3.85. The Bertz CT molecular complexity index is 258. The van der Waals surface area contributed by atoms with E-state index in [1.807, 2.05) is 25.2 Å². The molecule has 0 saturated heterocycles. The van der Waals surface area contributed by atoms with E-state index in [4.69, 9.17) is 5.73 Å². The monoisotopic (exact) mass is 193 g/mol. The molecule has 0 saturated carbocycles. The van der Waals surface area contributed by atoms with Gasteiger partial charge in [0.05, 0.1) is 0 Å². The van der Waals surface area contributed by atoms with Gasteiger partial charge in [0.1, 0.15) is 5.82 Å². The van der Waals surface area contributed by atoms with Crippen molar-refractivity contribution in [1.29, 1.82) is 0 Å². The van der Waals surface area contributed by atoms with Gasteiger partial charge in [0, 0.05) is 25.8 Å². The van der Waals surface area contributed by atoms with Gasteiger partial charge in [0.25, 0.3) is 0 Å². The van der Waals surface area contributed by atoms with E-state index >= 15 is 0 Å². The molecule has 1 unspecified atom stereocenters. The van der Waals surface area contributed by atoms with Gasteiger partial charge >= 0.3 is 0 Å². The van der Waals surface area contributed by atoms with Crippen LogP contribution in [0.5, 0.6) is 0 Å². The van der Waals surface area contributed by atoms with Crippen LogP contribution in [0.25, 0.3) is 0 Å². The molecule has 3 nitrogen and oxygen atoms in total. The van der Waals surface area contributed by atoms with Crippen molar-refractivity contribution in [1.82, 2.24) is 4.98 Å². The molecule has 3 heteroatoms. The Morgan fingerprint density at radius 2 is 2.14 bits per heavy atom. The highest BCUT2D eigenvalue weighted by atomic mass is 15.2. The number of nitrogens with two attached hydrogens (primary N) is 1. The molecule has 1 atom stereocenters. The molecule has 0 aromatic carbocycles. The van der Waals surface area contributed by atoms with E-state index in [9.17, 15) is 0 Å². The van der Waals surface area contributed by atoms with Gasteiger partial charge in [-0.1, -0.05) is 19.9 Å². The zero-order valence-electron chi connectivity index (χ0n) is 9.14. The van der Waals surface area contributed by atoms with Crippen LogP contribution in [0.3, 0.4) is 0 Å². The van der Waals surface area contributed by atoms with Crippen LogP contribution in [0.15, 0.2) is 24.4 Å². The minimum absolute atomic E-state index is 0.352. The lowest BCUT2D eigenvalue weighted by atomic mass is 10.0. The van der Waals surface area contributed by atoms with Crippen molar-refractivity contribution < 1.29 is 0 Å². The zero-order valence-corrected chi connectivity index (χ0v) is 9.14. The quantitative estimate of drug-likeness (QED) is 0.788. The fraction of sp³-hybridized carbons (Fsp3) is 0.545. The third kappa shape index (κ3) is 2.45. The first-order valence-corrected chi connectivity index (χ1v) is 5.00. The Kier molecular flexibility index (Phi) is 3.89. The Balaban J connectivity index is 2.78. The Morgan fingerprint density at radius 3 is 2.57 bits per heavy atom. The Hall–Kier alpha value is -1.09. The first-order valence-electron chi connectivity index (χ1n) is 5.00. The summed E-state index contributed by atoms with van der Waals surface area (Å²) in [4.78, 5) is 6.44. The summed E-state index contributed by atoms with van der Waals surface area (Å²) in [5.41, 5.74) is 5.74. The molecule has 0 aliphatic heterocycles. The molecule has 0 bridgehead atoms. The predicted molar refractivity (Wildman–Crippen MR) is 60.3 cm³/mol. The van der Waals surface area contributed by atoms with E-state index in [0.717, 1.165) is 5.82 Å². The van der Waals surface area contributed by atoms with Crippen molar-refractivity contribution in [2.24, 2.45) is 11.7 Å². The van der Waals surface area contributed by atoms with Crippen LogP contribution in [0.1, 0.15) is 13.8 Å². The summed E-state index contributed by atoms with van der Waals surface area (Å²) in [5.74, 6) is 1.52. The average Bonchev–Trinajstić information content (AvgIpc) is 2.19. The minimum atomic E-state index is 0.352. The summed E-state index contributed by atoms with van der Waals surface area (Å²) in [5, 5.41) is 0. The standard InChI is InChI=1S/C11H19N3/c1-9(2)10(8-12)14(3)11-6-4-5-7-13-11/h4-7,9-10H,8,12H2,1-3H3. The maximum atomic E-state index is 5.74. The number of nitrogens with zero attached hydrogens (tertiary/aromatic N) is 2. The molecule has 0 spiro atoms. The first-order chi connectivity index (χ1) is 6.66. The van der Waals surface area contributed by atoms with Crippen LogP contribution in [-0.2, 0) is 0 Å². The highest BCUT2D eigenvalue weighted by molar-refractivity contribution is 5.38. The number of aromatic nitrogens is 1. The van der Waals surface area contributed by atoms with Crippen molar-refractivity contribution in [2.75, 3.05) is 18.5 Å². The van der Waals surface area contributed by atoms with Gasteiger partial charge in [0.15, 0.2) is 0 Å². The molecular weight excluding hydrogens is 174 g/mol. The van der Waals surface area contributed by atoms with Gasteiger partial charge in [-0.3, -0.25) is 0 Å². The third-order valence-corrected chi connectivity index (χ3v) is 2.52. The van der Waals surface area contributed by atoms with Gasteiger partial charge in [-0.15, -0.1) is 0 Å². The number of anilines is 1. The van der Waals surface area contributed by atoms with Crippen molar-refractivity contribution in [2.45, 2.75) is 19.9 Å². The molecule has 0 amide bonds. The molecule has 0 fully saturated rings. The topological polar surface area (TPSA) is 42.1 Å².